The predicted molar refractivity (Wildman–Crippen MR) is 150 cm³/mol. The molecule has 2 aromatic rings. The molecule has 16 heteroatoms. The van der Waals surface area contributed by atoms with Gasteiger partial charge >= 0.3 is 5.69 Å². The summed E-state index contributed by atoms with van der Waals surface area (Å²) in [5.41, 5.74) is 10.4. The number of aliphatic hydroxyl groups excluding tert-OH is 1. The highest BCUT2D eigenvalue weighted by Gasteiger charge is 2.65. The van der Waals surface area contributed by atoms with Gasteiger partial charge in [-0.1, -0.05) is 26.0 Å². The van der Waals surface area contributed by atoms with E-state index in [4.69, 9.17) is 16.2 Å². The second-order valence-electron chi connectivity index (χ2n) is 11.5. The number of aromatic nitrogens is 2. The maximum atomic E-state index is 13.5. The fraction of sp³-hybridized carbons (Fsp3) is 0.462. The van der Waals surface area contributed by atoms with Gasteiger partial charge in [-0.3, -0.25) is 19.4 Å². The standard InChI is InChI=1S/C26H32N10O6/c1-25(2)6-7-42-17-11(4-3-5-12(17)25)20(39)30-15-10-36-23(28)31-14(18-26(36,19(15)38)35-22(27)34-18)9-29-21(40)13-8-16(37)33-24(41)32-13/h3-5,8,14-15,18-19,38H,6-7,9-10H2,1-2H3,(H2,28,31)(H,29,40)(H,30,39)(H3,27,34,35)(H2,32,33,37,41)/t14-,15?,18-,19+,26-/m0/s1. The van der Waals surface area contributed by atoms with Crippen LogP contribution >= 0.6 is 0 Å². The summed E-state index contributed by atoms with van der Waals surface area (Å²) in [6, 6.07) is 4.00. The van der Waals surface area contributed by atoms with Crippen molar-refractivity contribution in [3.63, 3.8) is 0 Å². The van der Waals surface area contributed by atoms with Crippen LogP contribution in [0.5, 0.6) is 5.75 Å². The van der Waals surface area contributed by atoms with Gasteiger partial charge in [0.05, 0.1) is 24.3 Å². The Bertz CT molecular complexity index is 1620. The van der Waals surface area contributed by atoms with Crippen molar-refractivity contribution in [1.29, 1.82) is 0 Å². The highest BCUT2D eigenvalue weighted by molar-refractivity contribution is 5.98. The number of benzene rings is 1. The van der Waals surface area contributed by atoms with Crippen molar-refractivity contribution in [1.82, 2.24) is 30.8 Å². The number of H-pyrrole nitrogens is 2. The summed E-state index contributed by atoms with van der Waals surface area (Å²) >= 11 is 0. The fourth-order valence-electron chi connectivity index (χ4n) is 6.28. The van der Waals surface area contributed by atoms with Crippen LogP contribution in [0.25, 0.3) is 0 Å². The minimum atomic E-state index is -1.35. The number of para-hydroxylation sites is 1. The van der Waals surface area contributed by atoms with Gasteiger partial charge in [0.2, 0.25) is 0 Å². The van der Waals surface area contributed by atoms with E-state index >= 15 is 0 Å². The van der Waals surface area contributed by atoms with Gasteiger partial charge in [0.15, 0.2) is 17.6 Å². The lowest BCUT2D eigenvalue weighted by atomic mass is 9.79. The fourth-order valence-corrected chi connectivity index (χ4v) is 6.28. The molecule has 10 N–H and O–H groups in total. The molecule has 1 aromatic carbocycles. The molecule has 16 nitrogen and oxygen atoms in total. The SMILES string of the molecule is CC1(C)CCOc2c(C(=O)NC3CN4C(N)=N[C@@H](CNC(=O)c5cc(=O)[nH]c(=O)[nH]5)[C@@H]5N=C(N)N[C@@]54[C@@H]3O)cccc21. The highest BCUT2D eigenvalue weighted by Crippen LogP contribution is 2.42. The number of nitrogens with two attached hydrogens (primary N) is 2. The van der Waals surface area contributed by atoms with Crippen LogP contribution in [0.3, 0.4) is 0 Å². The maximum Gasteiger partial charge on any atom is 0.326 e. The summed E-state index contributed by atoms with van der Waals surface area (Å²) in [7, 11) is 0. The lowest BCUT2D eigenvalue weighted by Gasteiger charge is -2.46. The predicted octanol–water partition coefficient (Wildman–Crippen LogP) is -2.99. The Hall–Kier alpha value is -4.86. The average molecular weight is 581 g/mol. The van der Waals surface area contributed by atoms with Crippen LogP contribution in [0.4, 0.5) is 0 Å². The van der Waals surface area contributed by atoms with Gasteiger partial charge in [0.25, 0.3) is 17.4 Å². The number of fused-ring (bicyclic) bond motifs is 1. The zero-order valence-electron chi connectivity index (χ0n) is 22.9. The number of aliphatic hydroxyl groups is 1. The number of ether oxygens (including phenoxy) is 1. The van der Waals surface area contributed by atoms with Gasteiger partial charge in [-0.05, 0) is 17.9 Å². The molecule has 42 heavy (non-hydrogen) atoms. The first-order chi connectivity index (χ1) is 19.9. The van der Waals surface area contributed by atoms with Crippen LogP contribution in [0.2, 0.25) is 0 Å². The molecule has 0 aliphatic carbocycles. The monoisotopic (exact) mass is 580 g/mol. The molecule has 1 saturated heterocycles. The number of nitrogens with one attached hydrogen (secondary N) is 5. The molecule has 0 bridgehead atoms. The second kappa shape index (κ2) is 9.61. The molecule has 5 heterocycles. The lowest BCUT2D eigenvalue weighted by Crippen LogP contribution is -2.73. The molecule has 0 radical (unpaired) electrons. The van der Waals surface area contributed by atoms with Gasteiger partial charge in [0.1, 0.15) is 23.6 Å². The van der Waals surface area contributed by atoms with E-state index in [9.17, 15) is 24.3 Å². The number of carbonyl (C=O) groups is 2. The molecule has 1 aromatic heterocycles. The summed E-state index contributed by atoms with van der Waals surface area (Å²) < 4.78 is 5.91. The van der Waals surface area contributed by atoms with E-state index in [0.29, 0.717) is 17.9 Å². The second-order valence-corrected chi connectivity index (χ2v) is 11.5. The van der Waals surface area contributed by atoms with Crippen molar-refractivity contribution in [3.8, 4) is 5.75 Å². The third-order valence-electron chi connectivity index (χ3n) is 8.41. The molecule has 6 rings (SSSR count). The average Bonchev–Trinajstić information content (AvgIpc) is 3.42. The molecule has 5 atom stereocenters. The third-order valence-corrected chi connectivity index (χ3v) is 8.41. The highest BCUT2D eigenvalue weighted by atomic mass is 16.5. The van der Waals surface area contributed by atoms with Gasteiger partial charge in [-0.25, -0.2) is 14.8 Å². The molecular weight excluding hydrogens is 548 g/mol. The van der Waals surface area contributed by atoms with Crippen molar-refractivity contribution >= 4 is 23.7 Å². The Morgan fingerprint density at radius 1 is 1.19 bits per heavy atom. The number of nitrogens with zero attached hydrogens (tertiary/aromatic N) is 3. The molecule has 1 fully saturated rings. The van der Waals surface area contributed by atoms with Crippen LogP contribution in [0.1, 0.15) is 46.7 Å². The Kier molecular flexibility index (Phi) is 6.25. The molecule has 0 saturated carbocycles. The van der Waals surface area contributed by atoms with Crippen molar-refractivity contribution in [2.45, 2.75) is 55.6 Å². The Morgan fingerprint density at radius 2 is 1.98 bits per heavy atom. The Balaban J connectivity index is 1.23. The Morgan fingerprint density at radius 3 is 2.74 bits per heavy atom. The smallest absolute Gasteiger partial charge is 0.326 e. The molecule has 4 aliphatic rings. The first kappa shape index (κ1) is 27.3. The number of rotatable bonds is 5. The summed E-state index contributed by atoms with van der Waals surface area (Å²) in [6.45, 7) is 4.67. The van der Waals surface area contributed by atoms with Crippen molar-refractivity contribution < 1.29 is 19.4 Å². The maximum absolute atomic E-state index is 13.5. The van der Waals surface area contributed by atoms with Crippen LogP contribution in [0, 0.1) is 0 Å². The molecule has 2 amide bonds. The molecule has 1 spiro atoms. The quantitative estimate of drug-likeness (QED) is 0.178. The van der Waals surface area contributed by atoms with Gasteiger partial charge in [-0.15, -0.1) is 0 Å². The van der Waals surface area contributed by atoms with E-state index in [1.165, 1.54) is 0 Å². The van der Waals surface area contributed by atoms with Gasteiger partial charge in [0, 0.05) is 24.7 Å². The number of guanidine groups is 2. The number of amides is 2. The number of aromatic amines is 2. The van der Waals surface area contributed by atoms with E-state index in [2.05, 4.69) is 44.8 Å². The first-order valence-electron chi connectivity index (χ1n) is 13.5. The third kappa shape index (κ3) is 4.25. The number of aliphatic imine (C=N–C) groups is 2. The number of carbonyl (C=O) groups excluding carboxylic acids is 2. The van der Waals surface area contributed by atoms with Crippen molar-refractivity contribution in [3.05, 3.63) is 61.9 Å². The van der Waals surface area contributed by atoms with E-state index in [1.807, 2.05) is 17.1 Å². The van der Waals surface area contributed by atoms with Crippen LogP contribution in [-0.2, 0) is 5.41 Å². The van der Waals surface area contributed by atoms with Crippen molar-refractivity contribution in [2.75, 3.05) is 19.7 Å². The van der Waals surface area contributed by atoms with E-state index in [1.54, 1.807) is 11.0 Å². The summed E-state index contributed by atoms with van der Waals surface area (Å²) in [5, 5.41) is 20.3. The van der Waals surface area contributed by atoms with E-state index < -0.39 is 53.0 Å². The minimum Gasteiger partial charge on any atom is -0.492 e. The van der Waals surface area contributed by atoms with Crippen LogP contribution < -0.4 is 43.4 Å². The molecule has 4 aliphatic heterocycles. The van der Waals surface area contributed by atoms with Crippen LogP contribution in [0.15, 0.2) is 43.8 Å². The lowest BCUT2D eigenvalue weighted by molar-refractivity contribution is 0.0143. The normalized spacial score (nSPS) is 28.7. The number of hydrogen-bond acceptors (Lipinski definition) is 12. The zero-order chi connectivity index (χ0) is 30.0. The summed E-state index contributed by atoms with van der Waals surface area (Å²) in [6.07, 6.45) is -0.426. The topological polar surface area (TPSA) is 245 Å². The zero-order valence-corrected chi connectivity index (χ0v) is 22.9. The Labute approximate surface area is 238 Å². The minimum absolute atomic E-state index is 0.0314. The largest absolute Gasteiger partial charge is 0.492 e. The van der Waals surface area contributed by atoms with Gasteiger partial charge < -0.3 is 47.1 Å². The molecular formula is C26H32N10O6. The van der Waals surface area contributed by atoms with E-state index in [-0.39, 0.29) is 36.1 Å². The van der Waals surface area contributed by atoms with Crippen molar-refractivity contribution in [2.24, 2.45) is 21.5 Å². The van der Waals surface area contributed by atoms with Crippen LogP contribution in [-0.4, -0.2) is 93.3 Å². The molecule has 1 unspecified atom stereocenters. The molecule has 222 valence electrons. The first-order valence-corrected chi connectivity index (χ1v) is 13.5. The summed E-state index contributed by atoms with van der Waals surface area (Å²) in [4.78, 5) is 64.2. The number of hydrogen-bond donors (Lipinski definition) is 8. The summed E-state index contributed by atoms with van der Waals surface area (Å²) in [5.74, 6) is -0.536. The van der Waals surface area contributed by atoms with Gasteiger partial charge in [-0.2, -0.15) is 0 Å². The van der Waals surface area contributed by atoms with E-state index in [0.717, 1.165) is 18.1 Å².